The lowest BCUT2D eigenvalue weighted by Crippen LogP contribution is -2.04. The summed E-state index contributed by atoms with van der Waals surface area (Å²) in [4.78, 5) is 4.72. The van der Waals surface area contributed by atoms with E-state index < -0.39 is 5.89 Å². The average Bonchev–Trinajstić information content (AvgIpc) is 3.28. The van der Waals surface area contributed by atoms with E-state index in [0.29, 0.717) is 5.56 Å². The molecular weight excluding hydrogens is 420 g/mol. The Hall–Kier alpha value is -3.48. The van der Waals surface area contributed by atoms with Crippen LogP contribution in [0.5, 0.6) is 0 Å². The second kappa shape index (κ2) is 8.46. The maximum absolute atomic E-state index is 9.87. The van der Waals surface area contributed by atoms with Crippen LogP contribution in [0.2, 0.25) is 0 Å². The summed E-state index contributed by atoms with van der Waals surface area (Å²) in [6.45, 7) is 0. The fourth-order valence-corrected chi connectivity index (χ4v) is 6.34. The average molecular weight is 446 g/mol. The van der Waals surface area contributed by atoms with Gasteiger partial charge in [-0.05, 0) is 59.7 Å². The fraction of sp³-hybridized carbons (Fsp3) is 0.200. The number of rotatable bonds is 3. The largest absolute Gasteiger partial charge is 0.256 e. The first kappa shape index (κ1) is 19.0. The van der Waals surface area contributed by atoms with Gasteiger partial charge in [-0.1, -0.05) is 67.8 Å². The molecule has 3 heteroatoms. The van der Waals surface area contributed by atoms with Crippen molar-refractivity contribution in [1.82, 2.24) is 4.98 Å². The summed E-state index contributed by atoms with van der Waals surface area (Å²) in [7, 11) is 0. The van der Waals surface area contributed by atoms with E-state index in [-0.39, 0.29) is 0 Å². The first-order valence-electron chi connectivity index (χ1n) is 12.1. The standard InChI is InChI=1S/C30H24N2S/c31-19-24-12-13-25(27-17-23(15-16-32-27)21-9-5-2-6-10-21)30-29(24)26-14-11-22(18-28(26)33-30)20-7-3-1-4-8-20/h1,3-4,7-8,11-18,21H,2,5-6,9-10H2/i21D. The molecule has 1 aliphatic rings. The van der Waals surface area contributed by atoms with E-state index >= 15 is 0 Å². The summed E-state index contributed by atoms with van der Waals surface area (Å²) in [6, 6.07) is 27.4. The molecule has 1 saturated carbocycles. The van der Waals surface area contributed by atoms with E-state index in [1.807, 2.05) is 30.5 Å². The molecule has 2 heterocycles. The van der Waals surface area contributed by atoms with Crippen LogP contribution in [0.3, 0.4) is 0 Å². The third kappa shape index (κ3) is 3.61. The van der Waals surface area contributed by atoms with Crippen molar-refractivity contribution in [2.45, 2.75) is 38.0 Å². The Morgan fingerprint density at radius 1 is 0.909 bits per heavy atom. The number of pyridine rings is 1. The molecule has 0 atom stereocenters. The first-order valence-corrected chi connectivity index (χ1v) is 12.4. The van der Waals surface area contributed by atoms with Crippen LogP contribution in [0.15, 0.2) is 79.0 Å². The van der Waals surface area contributed by atoms with Crippen molar-refractivity contribution in [1.29, 1.82) is 5.26 Å². The molecule has 1 aliphatic carbocycles. The van der Waals surface area contributed by atoms with Gasteiger partial charge in [-0.2, -0.15) is 5.26 Å². The van der Waals surface area contributed by atoms with Gasteiger partial charge in [0.2, 0.25) is 0 Å². The lowest BCUT2D eigenvalue weighted by molar-refractivity contribution is 0.443. The van der Waals surface area contributed by atoms with Crippen LogP contribution in [0.25, 0.3) is 42.6 Å². The second-order valence-corrected chi connectivity index (χ2v) is 9.80. The van der Waals surface area contributed by atoms with Gasteiger partial charge in [0.1, 0.15) is 0 Å². The zero-order valence-electron chi connectivity index (χ0n) is 19.3. The molecule has 2 aromatic heterocycles. The van der Waals surface area contributed by atoms with Crippen molar-refractivity contribution >= 4 is 31.5 Å². The normalized spacial score (nSPS) is 15.9. The van der Waals surface area contributed by atoms with E-state index in [1.54, 1.807) is 11.3 Å². The van der Waals surface area contributed by atoms with Crippen LogP contribution in [0.4, 0.5) is 0 Å². The summed E-state index contributed by atoms with van der Waals surface area (Å²) >= 11 is 1.72. The molecule has 1 fully saturated rings. The van der Waals surface area contributed by atoms with Crippen molar-refractivity contribution in [3.63, 3.8) is 0 Å². The van der Waals surface area contributed by atoms with Gasteiger partial charge in [0.25, 0.3) is 0 Å². The van der Waals surface area contributed by atoms with Crippen molar-refractivity contribution in [3.05, 3.63) is 90.1 Å². The molecule has 0 unspecified atom stereocenters. The highest BCUT2D eigenvalue weighted by Crippen LogP contribution is 2.43. The third-order valence-corrected chi connectivity index (χ3v) is 7.94. The predicted octanol–water partition coefficient (Wildman–Crippen LogP) is 8.70. The highest BCUT2D eigenvalue weighted by molar-refractivity contribution is 7.26. The van der Waals surface area contributed by atoms with Crippen LogP contribution in [0, 0.1) is 11.3 Å². The minimum atomic E-state index is -0.521. The molecule has 0 amide bonds. The highest BCUT2D eigenvalue weighted by atomic mass is 32.1. The van der Waals surface area contributed by atoms with Gasteiger partial charge >= 0.3 is 0 Å². The summed E-state index contributed by atoms with van der Waals surface area (Å²) in [6.07, 6.45) is 7.11. The third-order valence-electron chi connectivity index (χ3n) is 6.75. The molecule has 33 heavy (non-hydrogen) atoms. The smallest absolute Gasteiger partial charge is 0.0998 e. The Morgan fingerprint density at radius 2 is 1.76 bits per heavy atom. The molecule has 0 aliphatic heterocycles. The monoisotopic (exact) mass is 445 g/mol. The highest BCUT2D eigenvalue weighted by Gasteiger charge is 2.19. The summed E-state index contributed by atoms with van der Waals surface area (Å²) < 4.78 is 11.3. The Morgan fingerprint density at radius 3 is 2.58 bits per heavy atom. The number of aromatic nitrogens is 1. The van der Waals surface area contributed by atoms with Gasteiger partial charge in [0.05, 0.1) is 17.3 Å². The molecule has 2 nitrogen and oxygen atoms in total. The molecule has 3 aromatic carbocycles. The second-order valence-electron chi connectivity index (χ2n) is 8.75. The minimum absolute atomic E-state index is 0.521. The molecule has 0 saturated heterocycles. The number of nitrogens with zero attached hydrogens (tertiary/aromatic N) is 2. The molecule has 0 radical (unpaired) electrons. The van der Waals surface area contributed by atoms with Crippen molar-refractivity contribution in [2.24, 2.45) is 0 Å². The number of hydrogen-bond donors (Lipinski definition) is 0. The van der Waals surface area contributed by atoms with Gasteiger partial charge in [-0.25, -0.2) is 0 Å². The topological polar surface area (TPSA) is 36.7 Å². The van der Waals surface area contributed by atoms with Gasteiger partial charge in [-0.15, -0.1) is 11.3 Å². The lowest BCUT2D eigenvalue weighted by atomic mass is 9.84. The minimum Gasteiger partial charge on any atom is -0.256 e. The first-order chi connectivity index (χ1) is 16.7. The van der Waals surface area contributed by atoms with Crippen LogP contribution in [-0.2, 0) is 0 Å². The van der Waals surface area contributed by atoms with Gasteiger partial charge in [-0.3, -0.25) is 4.98 Å². The fourth-order valence-electron chi connectivity index (χ4n) is 5.05. The Kier molecular flexibility index (Phi) is 4.88. The zero-order valence-corrected chi connectivity index (χ0v) is 19.2. The molecule has 5 aromatic rings. The number of benzene rings is 3. The molecule has 160 valence electrons. The predicted molar refractivity (Wildman–Crippen MR) is 139 cm³/mol. The van der Waals surface area contributed by atoms with Crippen molar-refractivity contribution in [3.8, 4) is 28.5 Å². The van der Waals surface area contributed by atoms with E-state index in [9.17, 15) is 5.26 Å². The summed E-state index contributed by atoms with van der Waals surface area (Å²) in [5, 5.41) is 12.0. The van der Waals surface area contributed by atoms with E-state index in [4.69, 9.17) is 6.35 Å². The molecule has 0 N–H and O–H groups in total. The van der Waals surface area contributed by atoms with E-state index in [1.165, 1.54) is 22.2 Å². The maximum Gasteiger partial charge on any atom is 0.0998 e. The zero-order chi connectivity index (χ0) is 23.1. The Bertz CT molecular complexity index is 1560. The van der Waals surface area contributed by atoms with Crippen LogP contribution >= 0.6 is 11.3 Å². The number of hydrogen-bond acceptors (Lipinski definition) is 3. The molecule has 0 bridgehead atoms. The van der Waals surface area contributed by atoms with Gasteiger partial charge in [0.15, 0.2) is 0 Å². The van der Waals surface area contributed by atoms with Crippen molar-refractivity contribution < 1.29 is 1.37 Å². The summed E-state index contributed by atoms with van der Waals surface area (Å²) in [5.41, 5.74) is 6.04. The molecule has 6 rings (SSSR count). The van der Waals surface area contributed by atoms with E-state index in [2.05, 4.69) is 54.6 Å². The number of fused-ring (bicyclic) bond motifs is 3. The van der Waals surface area contributed by atoms with Gasteiger partial charge in [0, 0.05) is 33.3 Å². The van der Waals surface area contributed by atoms with Crippen LogP contribution < -0.4 is 0 Å². The maximum atomic E-state index is 9.87. The van der Waals surface area contributed by atoms with E-state index in [0.717, 1.165) is 58.0 Å². The SMILES string of the molecule is [2H]C1(c2ccnc(-c3ccc(C#N)c4c3sc3cc(-c5ccccc5)ccc34)c2)CCCCC1. The van der Waals surface area contributed by atoms with Crippen LogP contribution in [0.1, 0.15) is 50.5 Å². The number of nitriles is 1. The lowest BCUT2D eigenvalue weighted by Gasteiger charge is -2.22. The number of thiophene rings is 1. The Labute approximate surface area is 199 Å². The Balaban J connectivity index is 1.54. The van der Waals surface area contributed by atoms with Crippen molar-refractivity contribution in [2.75, 3.05) is 0 Å². The van der Waals surface area contributed by atoms with Gasteiger partial charge < -0.3 is 0 Å². The molecular formula is C30H24N2S. The quantitative estimate of drug-likeness (QED) is 0.278. The molecule has 0 spiro atoms. The summed E-state index contributed by atoms with van der Waals surface area (Å²) in [5.74, 6) is -0.521. The van der Waals surface area contributed by atoms with Crippen LogP contribution in [-0.4, -0.2) is 4.98 Å².